The van der Waals surface area contributed by atoms with Crippen molar-refractivity contribution in [1.29, 1.82) is 0 Å². The molecule has 192 valence electrons. The summed E-state index contributed by atoms with van der Waals surface area (Å²) in [7, 11) is 2.02. The molecule has 5 heteroatoms. The first-order valence-corrected chi connectivity index (χ1v) is 13.8. The zero-order valence-electron chi connectivity index (χ0n) is 21.7. The number of benzene rings is 3. The summed E-state index contributed by atoms with van der Waals surface area (Å²) in [6.07, 6.45) is 6.19. The predicted octanol–water partition coefficient (Wildman–Crippen LogP) is 6.94. The number of fused-ring (bicyclic) bond motifs is 6. The fourth-order valence-electron chi connectivity index (χ4n) is 7.23. The van der Waals surface area contributed by atoms with E-state index >= 15 is 0 Å². The highest BCUT2D eigenvalue weighted by molar-refractivity contribution is 6.01. The third kappa shape index (κ3) is 3.75. The lowest BCUT2D eigenvalue weighted by Crippen LogP contribution is -2.55. The molecule has 1 aliphatic carbocycles. The number of amides is 1. The van der Waals surface area contributed by atoms with Crippen molar-refractivity contribution in [3.8, 4) is 11.1 Å². The number of hydrogen-bond donors (Lipinski definition) is 0. The van der Waals surface area contributed by atoms with E-state index in [1.807, 2.05) is 36.3 Å². The molecule has 1 amide bonds. The number of carbonyl (C=O) groups is 2. The largest absolute Gasteiger partial charge is 0.448 e. The molecule has 3 aromatic carbocycles. The lowest BCUT2D eigenvalue weighted by molar-refractivity contribution is 0.00651. The summed E-state index contributed by atoms with van der Waals surface area (Å²) in [5.74, 6) is 0.210. The number of hydrogen-bond acceptors (Lipinski definition) is 3. The highest BCUT2D eigenvalue weighted by atomic mass is 16.6. The van der Waals surface area contributed by atoms with Crippen LogP contribution in [0.2, 0.25) is 0 Å². The van der Waals surface area contributed by atoms with Crippen molar-refractivity contribution in [2.75, 3.05) is 6.61 Å². The number of aryl methyl sites for hydroxylation is 1. The van der Waals surface area contributed by atoms with Crippen LogP contribution in [-0.4, -0.2) is 40.0 Å². The van der Waals surface area contributed by atoms with E-state index in [0.717, 1.165) is 35.7 Å². The van der Waals surface area contributed by atoms with E-state index in [2.05, 4.69) is 59.2 Å². The predicted molar refractivity (Wildman–Crippen MR) is 148 cm³/mol. The van der Waals surface area contributed by atoms with E-state index in [1.54, 1.807) is 0 Å². The van der Waals surface area contributed by atoms with Gasteiger partial charge in [0.25, 0.3) is 0 Å². The van der Waals surface area contributed by atoms with Crippen molar-refractivity contribution >= 4 is 22.8 Å². The standard InChI is InChI=1S/C33H32N2O3/c1-34-16-15-21-17-22(13-14-31(21)34)32(36)23-18-24-7-6-8-25(19-23)35(24)33(37)38-20-30-28-11-4-2-9-26(28)27-10-3-5-12-29(27)30/h2-5,9-17,23-25,30H,6-8,18-20H2,1H3. The van der Waals surface area contributed by atoms with Crippen LogP contribution in [0.1, 0.15) is 59.5 Å². The molecular weight excluding hydrogens is 472 g/mol. The molecule has 38 heavy (non-hydrogen) atoms. The molecule has 3 heterocycles. The molecule has 0 radical (unpaired) electrons. The van der Waals surface area contributed by atoms with Crippen LogP contribution in [-0.2, 0) is 11.8 Å². The summed E-state index contributed by atoms with van der Waals surface area (Å²) in [4.78, 5) is 29.0. The Morgan fingerprint density at radius 2 is 1.53 bits per heavy atom. The average molecular weight is 505 g/mol. The SMILES string of the molecule is Cn1ccc2cc(C(=O)C3CC4CCCC(C3)N4C(=O)OCC3c4ccccc4-c4ccccc43)ccc21. The van der Waals surface area contributed by atoms with Crippen molar-refractivity contribution in [1.82, 2.24) is 9.47 Å². The van der Waals surface area contributed by atoms with Gasteiger partial charge in [0.1, 0.15) is 6.61 Å². The van der Waals surface area contributed by atoms with E-state index in [4.69, 9.17) is 4.74 Å². The van der Waals surface area contributed by atoms with E-state index in [0.29, 0.717) is 19.4 Å². The molecule has 2 bridgehead atoms. The lowest BCUT2D eigenvalue weighted by atomic mass is 9.76. The molecule has 2 unspecified atom stereocenters. The summed E-state index contributed by atoms with van der Waals surface area (Å²) in [6.45, 7) is 0.336. The Morgan fingerprint density at radius 3 is 2.21 bits per heavy atom. The first-order chi connectivity index (χ1) is 18.6. The van der Waals surface area contributed by atoms with Gasteiger partial charge in [0, 0.05) is 53.6 Å². The van der Waals surface area contributed by atoms with Gasteiger partial charge in [-0.25, -0.2) is 4.79 Å². The topological polar surface area (TPSA) is 51.5 Å². The molecule has 2 saturated heterocycles. The first-order valence-electron chi connectivity index (χ1n) is 13.8. The molecule has 5 nitrogen and oxygen atoms in total. The number of ether oxygens (including phenoxy) is 1. The molecule has 1 aromatic heterocycles. The van der Waals surface area contributed by atoms with Crippen molar-refractivity contribution in [2.45, 2.75) is 50.1 Å². The molecule has 4 aromatic rings. The number of nitrogens with zero attached hydrogens (tertiary/aromatic N) is 2. The number of ketones is 1. The highest BCUT2D eigenvalue weighted by Crippen LogP contribution is 2.45. The second kappa shape index (κ2) is 9.16. The third-order valence-corrected chi connectivity index (χ3v) is 9.06. The van der Waals surface area contributed by atoms with Crippen LogP contribution < -0.4 is 0 Å². The van der Waals surface area contributed by atoms with Gasteiger partial charge in [-0.15, -0.1) is 0 Å². The maximum atomic E-state index is 13.5. The fourth-order valence-corrected chi connectivity index (χ4v) is 7.23. The maximum absolute atomic E-state index is 13.5. The Labute approximate surface area is 223 Å². The fraction of sp³-hybridized carbons (Fsp3) is 0.333. The van der Waals surface area contributed by atoms with Crippen LogP contribution in [0.3, 0.4) is 0 Å². The van der Waals surface area contributed by atoms with Crippen LogP contribution in [0.5, 0.6) is 0 Å². The van der Waals surface area contributed by atoms with Gasteiger partial charge in [-0.3, -0.25) is 4.79 Å². The molecule has 2 atom stereocenters. The zero-order chi connectivity index (χ0) is 25.8. The van der Waals surface area contributed by atoms with E-state index in [9.17, 15) is 9.59 Å². The zero-order valence-corrected chi connectivity index (χ0v) is 21.7. The van der Waals surface area contributed by atoms with Crippen LogP contribution >= 0.6 is 0 Å². The van der Waals surface area contributed by atoms with Crippen molar-refractivity contribution in [2.24, 2.45) is 13.0 Å². The average Bonchev–Trinajstić information content (AvgIpc) is 3.47. The minimum atomic E-state index is -0.224. The number of carbonyl (C=O) groups excluding carboxylic acids is 2. The van der Waals surface area contributed by atoms with E-state index in [-0.39, 0.29) is 35.8 Å². The molecule has 7 rings (SSSR count). The molecule has 0 N–H and O–H groups in total. The van der Waals surface area contributed by atoms with Gasteiger partial charge < -0.3 is 14.2 Å². The van der Waals surface area contributed by atoms with Gasteiger partial charge in [-0.2, -0.15) is 0 Å². The smallest absolute Gasteiger partial charge is 0.410 e. The third-order valence-electron chi connectivity index (χ3n) is 9.06. The molecule has 0 spiro atoms. The Kier molecular flexibility index (Phi) is 5.61. The normalized spacial score (nSPS) is 22.2. The van der Waals surface area contributed by atoms with Gasteiger partial charge >= 0.3 is 6.09 Å². The summed E-state index contributed by atoms with van der Waals surface area (Å²) in [5.41, 5.74) is 6.82. The summed E-state index contributed by atoms with van der Waals surface area (Å²) < 4.78 is 8.12. The summed E-state index contributed by atoms with van der Waals surface area (Å²) in [6, 6.07) is 25.0. The molecular formula is C33H32N2O3. The summed E-state index contributed by atoms with van der Waals surface area (Å²) >= 11 is 0. The maximum Gasteiger partial charge on any atom is 0.410 e. The minimum Gasteiger partial charge on any atom is -0.448 e. The Bertz CT molecular complexity index is 1490. The minimum absolute atomic E-state index is 0.0518. The van der Waals surface area contributed by atoms with Gasteiger partial charge in [-0.05, 0) is 78.6 Å². The monoisotopic (exact) mass is 504 g/mol. The van der Waals surface area contributed by atoms with E-state index in [1.165, 1.54) is 22.3 Å². The Hall–Kier alpha value is -3.86. The molecule has 3 aliphatic rings. The number of piperidine rings is 2. The molecule has 2 fully saturated rings. The first kappa shape index (κ1) is 23.3. The van der Waals surface area contributed by atoms with Crippen molar-refractivity contribution < 1.29 is 14.3 Å². The Balaban J connectivity index is 1.06. The number of rotatable bonds is 4. The van der Waals surface area contributed by atoms with Crippen LogP contribution in [0.25, 0.3) is 22.0 Å². The molecule has 2 aliphatic heterocycles. The van der Waals surface area contributed by atoms with E-state index < -0.39 is 0 Å². The van der Waals surface area contributed by atoms with Gasteiger partial charge in [-0.1, -0.05) is 48.5 Å². The second-order valence-electron chi connectivity index (χ2n) is 11.2. The van der Waals surface area contributed by atoms with Gasteiger partial charge in [0.05, 0.1) is 0 Å². The lowest BCUT2D eigenvalue weighted by Gasteiger charge is -2.47. The van der Waals surface area contributed by atoms with Crippen LogP contribution in [0, 0.1) is 5.92 Å². The van der Waals surface area contributed by atoms with Crippen LogP contribution in [0.15, 0.2) is 79.0 Å². The van der Waals surface area contributed by atoms with Crippen molar-refractivity contribution in [3.63, 3.8) is 0 Å². The number of aromatic nitrogens is 1. The number of Topliss-reactive ketones (excluding diaryl/α,β-unsaturated/α-hetero) is 1. The van der Waals surface area contributed by atoms with Crippen molar-refractivity contribution in [3.05, 3.63) is 95.7 Å². The second-order valence-corrected chi connectivity index (χ2v) is 11.2. The van der Waals surface area contributed by atoms with Gasteiger partial charge in [0.15, 0.2) is 5.78 Å². The highest BCUT2D eigenvalue weighted by Gasteiger charge is 2.44. The quantitative estimate of drug-likeness (QED) is 0.283. The van der Waals surface area contributed by atoms with Crippen LogP contribution in [0.4, 0.5) is 4.79 Å². The Morgan fingerprint density at radius 1 is 0.868 bits per heavy atom. The molecule has 0 saturated carbocycles. The van der Waals surface area contributed by atoms with Gasteiger partial charge in [0.2, 0.25) is 0 Å². The summed E-state index contributed by atoms with van der Waals surface area (Å²) in [5, 5.41) is 1.09.